The Morgan fingerprint density at radius 3 is 3.00 bits per heavy atom. The van der Waals surface area contributed by atoms with Crippen LogP contribution in [0.25, 0.3) is 0 Å². The van der Waals surface area contributed by atoms with Gasteiger partial charge in [-0.3, -0.25) is 4.79 Å². The van der Waals surface area contributed by atoms with Gasteiger partial charge in [-0.15, -0.1) is 5.10 Å². The maximum Gasteiger partial charge on any atom is 0.317 e. The van der Waals surface area contributed by atoms with Crippen molar-refractivity contribution in [3.05, 3.63) is 11.4 Å². The maximum absolute atomic E-state index is 11.4. The van der Waals surface area contributed by atoms with Crippen LogP contribution in [0.2, 0.25) is 0 Å². The average Bonchev–Trinajstić information content (AvgIpc) is 2.69. The molecule has 0 unspecified atom stereocenters. The Morgan fingerprint density at radius 2 is 2.33 bits per heavy atom. The van der Waals surface area contributed by atoms with E-state index in [0.717, 1.165) is 0 Å². The topological polar surface area (TPSA) is 80.1 Å². The van der Waals surface area contributed by atoms with Crippen LogP contribution in [0.1, 0.15) is 16.2 Å². The molecule has 0 saturated carbocycles. The van der Waals surface area contributed by atoms with Gasteiger partial charge in [-0.1, -0.05) is 5.21 Å². The number of hydrogen-bond donors (Lipinski definition) is 1. The summed E-state index contributed by atoms with van der Waals surface area (Å²) in [5, 5.41) is 10.1. The Balaban J connectivity index is 2.24. The molecule has 7 heteroatoms. The molecule has 2 amide bonds. The van der Waals surface area contributed by atoms with Gasteiger partial charge in [-0.25, -0.2) is 9.48 Å². The third-order valence-electron chi connectivity index (χ3n) is 2.40. The summed E-state index contributed by atoms with van der Waals surface area (Å²) in [6.07, 6.45) is 0.659. The van der Waals surface area contributed by atoms with E-state index >= 15 is 0 Å². The zero-order valence-corrected chi connectivity index (χ0v) is 8.30. The van der Waals surface area contributed by atoms with Crippen molar-refractivity contribution >= 4 is 12.3 Å². The highest BCUT2D eigenvalue weighted by molar-refractivity contribution is 5.76. The van der Waals surface area contributed by atoms with Crippen molar-refractivity contribution in [2.45, 2.75) is 13.1 Å². The van der Waals surface area contributed by atoms with E-state index in [-0.39, 0.29) is 6.03 Å². The van der Waals surface area contributed by atoms with Crippen LogP contribution in [0, 0.1) is 0 Å². The van der Waals surface area contributed by atoms with Gasteiger partial charge in [-0.2, -0.15) is 0 Å². The molecule has 1 N–H and O–H groups in total. The number of amides is 2. The number of hydrogen-bond acceptors (Lipinski definition) is 4. The Morgan fingerprint density at radius 1 is 1.53 bits per heavy atom. The van der Waals surface area contributed by atoms with Crippen LogP contribution in [-0.4, -0.2) is 45.8 Å². The van der Waals surface area contributed by atoms with Gasteiger partial charge in [-0.05, 0) is 0 Å². The second kappa shape index (κ2) is 3.68. The van der Waals surface area contributed by atoms with Gasteiger partial charge < -0.3 is 10.2 Å². The molecule has 2 rings (SSSR count). The van der Waals surface area contributed by atoms with Crippen LogP contribution in [-0.2, 0) is 13.1 Å². The lowest BCUT2D eigenvalue weighted by atomic mass is 10.2. The SMILES string of the molecule is CNC(=O)N1CCn2nnc(C=O)c2C1. The van der Waals surface area contributed by atoms with Gasteiger partial charge >= 0.3 is 6.03 Å². The normalized spacial score (nSPS) is 14.6. The molecular formula is C8H11N5O2. The highest BCUT2D eigenvalue weighted by atomic mass is 16.2. The van der Waals surface area contributed by atoms with Crippen LogP contribution in [0.3, 0.4) is 0 Å². The van der Waals surface area contributed by atoms with Crippen molar-refractivity contribution in [1.82, 2.24) is 25.2 Å². The lowest BCUT2D eigenvalue weighted by molar-refractivity contribution is 0.111. The zero-order chi connectivity index (χ0) is 10.8. The smallest absolute Gasteiger partial charge is 0.317 e. The maximum atomic E-state index is 11.4. The third-order valence-corrected chi connectivity index (χ3v) is 2.40. The van der Waals surface area contributed by atoms with E-state index in [4.69, 9.17) is 0 Å². The number of aldehydes is 1. The number of carbonyl (C=O) groups excluding carboxylic acids is 2. The summed E-state index contributed by atoms with van der Waals surface area (Å²) in [6.45, 7) is 1.53. The predicted octanol–water partition coefficient (Wildman–Crippen LogP) is -0.754. The molecule has 1 aliphatic rings. The van der Waals surface area contributed by atoms with E-state index < -0.39 is 0 Å². The summed E-state index contributed by atoms with van der Waals surface area (Å²) in [5.41, 5.74) is 1.00. The first-order valence-electron chi connectivity index (χ1n) is 4.60. The number of rotatable bonds is 1. The predicted molar refractivity (Wildman–Crippen MR) is 50.3 cm³/mol. The van der Waals surface area contributed by atoms with Gasteiger partial charge in [0.05, 0.1) is 18.8 Å². The number of urea groups is 1. The first-order valence-corrected chi connectivity index (χ1v) is 4.60. The van der Waals surface area contributed by atoms with E-state index in [1.165, 1.54) is 0 Å². The minimum Gasteiger partial charge on any atom is -0.341 e. The number of nitrogens with one attached hydrogen (secondary N) is 1. The van der Waals surface area contributed by atoms with E-state index in [2.05, 4.69) is 15.6 Å². The van der Waals surface area contributed by atoms with E-state index in [0.29, 0.717) is 37.3 Å². The van der Waals surface area contributed by atoms with Crippen molar-refractivity contribution in [1.29, 1.82) is 0 Å². The third kappa shape index (κ3) is 1.56. The number of nitrogens with zero attached hydrogens (tertiary/aromatic N) is 4. The Labute approximate surface area is 86.0 Å². The van der Waals surface area contributed by atoms with Gasteiger partial charge in [0.25, 0.3) is 0 Å². The number of carbonyl (C=O) groups is 2. The number of fused-ring (bicyclic) bond motifs is 1. The lowest BCUT2D eigenvalue weighted by Gasteiger charge is -2.26. The molecule has 0 aromatic carbocycles. The molecule has 2 heterocycles. The standard InChI is InChI=1S/C8H11N5O2/c1-9-8(15)12-2-3-13-7(4-12)6(5-14)10-11-13/h5H,2-4H2,1H3,(H,9,15). The first kappa shape index (κ1) is 9.63. The van der Waals surface area contributed by atoms with E-state index in [1.807, 2.05) is 0 Å². The van der Waals surface area contributed by atoms with Gasteiger partial charge in [0.1, 0.15) is 0 Å². The summed E-state index contributed by atoms with van der Waals surface area (Å²) < 4.78 is 1.66. The van der Waals surface area contributed by atoms with Crippen molar-refractivity contribution in [2.75, 3.05) is 13.6 Å². The fraction of sp³-hybridized carbons (Fsp3) is 0.500. The molecule has 0 radical (unpaired) electrons. The molecule has 1 aromatic rings. The lowest BCUT2D eigenvalue weighted by Crippen LogP contribution is -2.43. The fourth-order valence-corrected chi connectivity index (χ4v) is 1.59. The Bertz CT molecular complexity index is 400. The number of aromatic nitrogens is 3. The minimum absolute atomic E-state index is 0.153. The van der Waals surface area contributed by atoms with Crippen molar-refractivity contribution in [2.24, 2.45) is 0 Å². The second-order valence-electron chi connectivity index (χ2n) is 3.24. The Hall–Kier alpha value is -1.92. The monoisotopic (exact) mass is 209 g/mol. The Kier molecular flexibility index (Phi) is 2.36. The molecule has 0 atom stereocenters. The fourth-order valence-electron chi connectivity index (χ4n) is 1.59. The zero-order valence-electron chi connectivity index (χ0n) is 8.30. The molecule has 0 spiro atoms. The summed E-state index contributed by atoms with van der Waals surface area (Å²) in [5.74, 6) is 0. The summed E-state index contributed by atoms with van der Waals surface area (Å²) in [6, 6.07) is -0.153. The minimum atomic E-state index is -0.153. The van der Waals surface area contributed by atoms with Gasteiger partial charge in [0.15, 0.2) is 12.0 Å². The second-order valence-corrected chi connectivity index (χ2v) is 3.24. The van der Waals surface area contributed by atoms with Crippen LogP contribution in [0.15, 0.2) is 0 Å². The molecule has 0 bridgehead atoms. The van der Waals surface area contributed by atoms with Crippen molar-refractivity contribution in [3.8, 4) is 0 Å². The quantitative estimate of drug-likeness (QED) is 0.617. The molecule has 0 saturated heterocycles. The molecule has 0 fully saturated rings. The molecule has 7 nitrogen and oxygen atoms in total. The van der Waals surface area contributed by atoms with Crippen LogP contribution < -0.4 is 5.32 Å². The van der Waals surface area contributed by atoms with Gasteiger partial charge in [0, 0.05) is 13.6 Å². The van der Waals surface area contributed by atoms with Gasteiger partial charge in [0.2, 0.25) is 0 Å². The average molecular weight is 209 g/mol. The van der Waals surface area contributed by atoms with Crippen LogP contribution in [0.5, 0.6) is 0 Å². The van der Waals surface area contributed by atoms with Crippen molar-refractivity contribution in [3.63, 3.8) is 0 Å². The van der Waals surface area contributed by atoms with Crippen LogP contribution in [0.4, 0.5) is 4.79 Å². The molecule has 0 aliphatic carbocycles. The molecule has 80 valence electrons. The highest BCUT2D eigenvalue weighted by Crippen LogP contribution is 2.12. The molecule has 1 aliphatic heterocycles. The molecular weight excluding hydrogens is 198 g/mol. The molecule has 15 heavy (non-hydrogen) atoms. The summed E-state index contributed by atoms with van der Waals surface area (Å²) in [4.78, 5) is 23.6. The van der Waals surface area contributed by atoms with E-state index in [9.17, 15) is 9.59 Å². The summed E-state index contributed by atoms with van der Waals surface area (Å²) >= 11 is 0. The van der Waals surface area contributed by atoms with Crippen LogP contribution >= 0.6 is 0 Å². The molecule has 1 aromatic heterocycles. The first-order chi connectivity index (χ1) is 7.26. The highest BCUT2D eigenvalue weighted by Gasteiger charge is 2.23. The largest absolute Gasteiger partial charge is 0.341 e. The van der Waals surface area contributed by atoms with E-state index in [1.54, 1.807) is 16.6 Å². The summed E-state index contributed by atoms with van der Waals surface area (Å²) in [7, 11) is 1.58. The van der Waals surface area contributed by atoms with Crippen molar-refractivity contribution < 1.29 is 9.59 Å².